The summed E-state index contributed by atoms with van der Waals surface area (Å²) >= 11 is 5.99. The lowest BCUT2D eigenvalue weighted by Crippen LogP contribution is -2.38. The maximum atomic E-state index is 11.9. The molecule has 0 spiro atoms. The lowest BCUT2D eigenvalue weighted by atomic mass is 10.1. The molecule has 2 unspecified atom stereocenters. The summed E-state index contributed by atoms with van der Waals surface area (Å²) in [6.45, 7) is 1.02. The van der Waals surface area contributed by atoms with Gasteiger partial charge in [-0.1, -0.05) is 18.2 Å². The topological polar surface area (TPSA) is 47.6 Å². The molecule has 0 fully saturated rings. The van der Waals surface area contributed by atoms with Gasteiger partial charge in [0.1, 0.15) is 5.75 Å². The van der Waals surface area contributed by atoms with Crippen LogP contribution >= 0.6 is 11.6 Å². The van der Waals surface area contributed by atoms with Crippen LogP contribution in [0.1, 0.15) is 12.0 Å². The van der Waals surface area contributed by atoms with Gasteiger partial charge in [-0.05, 0) is 18.1 Å². The molecule has 1 aliphatic heterocycles. The quantitative estimate of drug-likeness (QED) is 0.809. The van der Waals surface area contributed by atoms with Gasteiger partial charge in [0.15, 0.2) is 6.10 Å². The summed E-state index contributed by atoms with van der Waals surface area (Å²) in [5, 5.41) is 2.77. The van der Waals surface area contributed by atoms with Crippen LogP contribution in [0.2, 0.25) is 0 Å². The lowest BCUT2D eigenvalue weighted by molar-refractivity contribution is -0.127. The number of rotatable bonds is 6. The summed E-state index contributed by atoms with van der Waals surface area (Å²) in [5.74, 6) is 0.717. The molecule has 0 saturated heterocycles. The largest absolute Gasteiger partial charge is 0.480 e. The van der Waals surface area contributed by atoms with Crippen molar-refractivity contribution in [3.05, 3.63) is 29.8 Å². The van der Waals surface area contributed by atoms with Gasteiger partial charge in [0.05, 0.1) is 12.0 Å². The molecule has 1 aliphatic rings. The number of benzene rings is 1. The molecular weight excluding hydrogens is 266 g/mol. The van der Waals surface area contributed by atoms with Crippen LogP contribution in [0.5, 0.6) is 5.75 Å². The predicted molar refractivity (Wildman–Crippen MR) is 73.7 cm³/mol. The second-order valence-corrected chi connectivity index (χ2v) is 5.17. The maximum absolute atomic E-state index is 11.9. The minimum Gasteiger partial charge on any atom is -0.480 e. The average molecular weight is 284 g/mol. The normalized spacial score (nSPS) is 18.5. The molecule has 1 amide bonds. The number of amides is 1. The number of alkyl halides is 1. The number of carbonyl (C=O) groups excluding carboxylic acids is 1. The standard InChI is InChI=1S/C14H18ClNO3/c1-18-9-11(15)6-7-16-14(17)13-8-10-4-2-3-5-12(10)19-13/h2-5,11,13H,6-9H2,1H3,(H,16,17). The number of para-hydroxylation sites is 1. The fraction of sp³-hybridized carbons (Fsp3) is 0.500. The van der Waals surface area contributed by atoms with E-state index in [1.54, 1.807) is 7.11 Å². The Labute approximate surface area is 118 Å². The van der Waals surface area contributed by atoms with Crippen molar-refractivity contribution in [2.75, 3.05) is 20.3 Å². The van der Waals surface area contributed by atoms with E-state index in [-0.39, 0.29) is 11.3 Å². The van der Waals surface area contributed by atoms with E-state index < -0.39 is 6.10 Å². The van der Waals surface area contributed by atoms with Crippen molar-refractivity contribution in [1.82, 2.24) is 5.32 Å². The van der Waals surface area contributed by atoms with Gasteiger partial charge in [0.25, 0.3) is 5.91 Å². The zero-order valence-electron chi connectivity index (χ0n) is 10.9. The Morgan fingerprint density at radius 3 is 3.11 bits per heavy atom. The molecule has 0 saturated carbocycles. The molecule has 4 nitrogen and oxygen atoms in total. The predicted octanol–water partition coefficient (Wildman–Crippen LogP) is 1.75. The molecular formula is C14H18ClNO3. The van der Waals surface area contributed by atoms with Crippen LogP contribution in [0.15, 0.2) is 24.3 Å². The van der Waals surface area contributed by atoms with Crippen LogP contribution in [0, 0.1) is 0 Å². The van der Waals surface area contributed by atoms with Crippen LogP contribution in [0.25, 0.3) is 0 Å². The number of hydrogen-bond acceptors (Lipinski definition) is 3. The number of ether oxygens (including phenoxy) is 2. The Kier molecular flexibility index (Phi) is 5.05. The molecule has 1 N–H and O–H groups in total. The molecule has 2 rings (SSSR count). The van der Waals surface area contributed by atoms with E-state index in [9.17, 15) is 4.79 Å². The van der Waals surface area contributed by atoms with E-state index >= 15 is 0 Å². The van der Waals surface area contributed by atoms with Gasteiger partial charge < -0.3 is 14.8 Å². The molecule has 0 aliphatic carbocycles. The third kappa shape index (κ3) is 3.85. The number of methoxy groups -OCH3 is 1. The summed E-state index contributed by atoms with van der Waals surface area (Å²) in [6, 6.07) is 7.72. The number of fused-ring (bicyclic) bond motifs is 1. The van der Waals surface area contributed by atoms with Crippen LogP contribution < -0.4 is 10.1 Å². The van der Waals surface area contributed by atoms with Gasteiger partial charge in [-0.3, -0.25) is 4.79 Å². The molecule has 104 valence electrons. The molecule has 0 radical (unpaired) electrons. The van der Waals surface area contributed by atoms with Crippen LogP contribution in [0.4, 0.5) is 0 Å². The van der Waals surface area contributed by atoms with Crippen molar-refractivity contribution in [1.29, 1.82) is 0 Å². The van der Waals surface area contributed by atoms with E-state index in [0.717, 1.165) is 11.3 Å². The van der Waals surface area contributed by atoms with Crippen molar-refractivity contribution in [2.24, 2.45) is 0 Å². The Morgan fingerprint density at radius 1 is 1.58 bits per heavy atom. The third-order valence-corrected chi connectivity index (χ3v) is 3.39. The molecule has 1 aromatic rings. The first kappa shape index (κ1) is 14.2. The third-order valence-electron chi connectivity index (χ3n) is 3.04. The summed E-state index contributed by atoms with van der Waals surface area (Å²) < 4.78 is 10.5. The van der Waals surface area contributed by atoms with Gasteiger partial charge in [0.2, 0.25) is 0 Å². The highest BCUT2D eigenvalue weighted by atomic mass is 35.5. The first-order valence-corrected chi connectivity index (χ1v) is 6.79. The molecule has 1 heterocycles. The van der Waals surface area contributed by atoms with Gasteiger partial charge in [0, 0.05) is 20.1 Å². The molecule has 0 bridgehead atoms. The van der Waals surface area contributed by atoms with Crippen LogP contribution in [-0.4, -0.2) is 37.6 Å². The van der Waals surface area contributed by atoms with Gasteiger partial charge >= 0.3 is 0 Å². The van der Waals surface area contributed by atoms with Crippen LogP contribution in [0.3, 0.4) is 0 Å². The highest BCUT2D eigenvalue weighted by molar-refractivity contribution is 6.20. The summed E-state index contributed by atoms with van der Waals surface area (Å²) in [6.07, 6.45) is 0.888. The van der Waals surface area contributed by atoms with Crippen molar-refractivity contribution >= 4 is 17.5 Å². The molecule has 0 aromatic heterocycles. The van der Waals surface area contributed by atoms with E-state index in [2.05, 4.69) is 5.32 Å². The summed E-state index contributed by atoms with van der Waals surface area (Å²) in [4.78, 5) is 11.9. The minimum absolute atomic E-state index is 0.0769. The van der Waals surface area contributed by atoms with E-state index in [0.29, 0.717) is 26.0 Å². The van der Waals surface area contributed by atoms with Crippen molar-refractivity contribution in [2.45, 2.75) is 24.3 Å². The fourth-order valence-corrected chi connectivity index (χ4v) is 2.29. The van der Waals surface area contributed by atoms with Crippen molar-refractivity contribution in [3.63, 3.8) is 0 Å². The molecule has 2 atom stereocenters. The van der Waals surface area contributed by atoms with Gasteiger partial charge in [-0.2, -0.15) is 0 Å². The Morgan fingerprint density at radius 2 is 2.37 bits per heavy atom. The molecule has 1 aromatic carbocycles. The Hall–Kier alpha value is -1.26. The highest BCUT2D eigenvalue weighted by Crippen LogP contribution is 2.28. The molecule has 19 heavy (non-hydrogen) atoms. The van der Waals surface area contributed by atoms with Gasteiger partial charge in [-0.15, -0.1) is 11.6 Å². The molecule has 5 heteroatoms. The first-order chi connectivity index (χ1) is 9.20. The number of nitrogens with one attached hydrogen (secondary N) is 1. The van der Waals surface area contributed by atoms with E-state index in [4.69, 9.17) is 21.1 Å². The SMILES string of the molecule is COCC(Cl)CCNC(=O)C1Cc2ccccc2O1. The first-order valence-electron chi connectivity index (χ1n) is 6.36. The number of hydrogen-bond donors (Lipinski definition) is 1. The monoisotopic (exact) mass is 283 g/mol. The Bertz CT molecular complexity index is 413. The number of halogens is 1. The Balaban J connectivity index is 1.74. The fourth-order valence-electron chi connectivity index (χ4n) is 2.06. The lowest BCUT2D eigenvalue weighted by Gasteiger charge is -2.12. The smallest absolute Gasteiger partial charge is 0.261 e. The summed E-state index contributed by atoms with van der Waals surface area (Å²) in [5.41, 5.74) is 1.08. The maximum Gasteiger partial charge on any atom is 0.261 e. The second-order valence-electron chi connectivity index (χ2n) is 4.55. The zero-order chi connectivity index (χ0) is 13.7. The van der Waals surface area contributed by atoms with E-state index in [1.165, 1.54) is 0 Å². The van der Waals surface area contributed by atoms with Gasteiger partial charge in [-0.25, -0.2) is 0 Å². The van der Waals surface area contributed by atoms with Crippen LogP contribution in [-0.2, 0) is 16.0 Å². The zero-order valence-corrected chi connectivity index (χ0v) is 11.7. The summed E-state index contributed by atoms with van der Waals surface area (Å²) in [7, 11) is 1.61. The average Bonchev–Trinajstić information content (AvgIpc) is 2.82. The highest BCUT2D eigenvalue weighted by Gasteiger charge is 2.28. The van der Waals surface area contributed by atoms with Crippen molar-refractivity contribution in [3.8, 4) is 5.75 Å². The minimum atomic E-state index is -0.423. The van der Waals surface area contributed by atoms with E-state index in [1.807, 2.05) is 24.3 Å². The number of carbonyl (C=O) groups is 1. The van der Waals surface area contributed by atoms with Crippen molar-refractivity contribution < 1.29 is 14.3 Å². The second kappa shape index (κ2) is 6.78.